The molecule has 0 unspecified atom stereocenters. The predicted octanol–water partition coefficient (Wildman–Crippen LogP) is 2.42. The summed E-state index contributed by atoms with van der Waals surface area (Å²) in [5, 5.41) is 9.98. The highest BCUT2D eigenvalue weighted by molar-refractivity contribution is 5.86. The number of rotatable bonds is 5. The summed E-state index contributed by atoms with van der Waals surface area (Å²) in [6.07, 6.45) is 2.82. The highest BCUT2D eigenvalue weighted by Gasteiger charge is 2.05. The molecular formula is C13H17NO2. The summed E-state index contributed by atoms with van der Waals surface area (Å²) in [5.74, 6) is 0.933. The second-order valence-corrected chi connectivity index (χ2v) is 3.71. The minimum atomic E-state index is 0.227. The molecule has 0 aliphatic rings. The van der Waals surface area contributed by atoms with Gasteiger partial charge in [-0.1, -0.05) is 6.07 Å². The van der Waals surface area contributed by atoms with Gasteiger partial charge in [-0.25, -0.2) is 0 Å². The van der Waals surface area contributed by atoms with Gasteiger partial charge in [-0.3, -0.25) is 0 Å². The molecule has 0 amide bonds. The Morgan fingerprint density at radius 2 is 2.19 bits per heavy atom. The Morgan fingerprint density at radius 1 is 1.31 bits per heavy atom. The van der Waals surface area contributed by atoms with Crippen molar-refractivity contribution in [3.63, 3.8) is 0 Å². The molecule has 0 fully saturated rings. The molecule has 2 aromatic rings. The maximum Gasteiger partial charge on any atom is 0.128 e. The minimum absolute atomic E-state index is 0.227. The molecule has 2 rings (SSSR count). The van der Waals surface area contributed by atoms with Crippen molar-refractivity contribution in [2.24, 2.45) is 0 Å². The number of aliphatic hydroxyl groups excluding tert-OH is 1. The molecule has 0 aliphatic carbocycles. The number of hydrogen-bond acceptors (Lipinski definition) is 2. The van der Waals surface area contributed by atoms with E-state index in [1.807, 2.05) is 25.3 Å². The summed E-state index contributed by atoms with van der Waals surface area (Å²) in [6.45, 7) is 3.74. The van der Waals surface area contributed by atoms with Gasteiger partial charge >= 0.3 is 0 Å². The second kappa shape index (κ2) is 5.03. The molecule has 16 heavy (non-hydrogen) atoms. The van der Waals surface area contributed by atoms with Gasteiger partial charge in [0.2, 0.25) is 0 Å². The van der Waals surface area contributed by atoms with Crippen LogP contribution in [0, 0.1) is 0 Å². The van der Waals surface area contributed by atoms with Crippen molar-refractivity contribution in [2.75, 3.05) is 13.2 Å². The van der Waals surface area contributed by atoms with Crippen molar-refractivity contribution >= 4 is 10.9 Å². The van der Waals surface area contributed by atoms with Crippen molar-refractivity contribution in [1.82, 2.24) is 4.57 Å². The number of hydrogen-bond donors (Lipinski definition) is 1. The lowest BCUT2D eigenvalue weighted by Crippen LogP contribution is -1.98. The number of aliphatic hydroxyl groups is 1. The van der Waals surface area contributed by atoms with Crippen molar-refractivity contribution in [3.8, 4) is 5.75 Å². The number of ether oxygens (including phenoxy) is 1. The quantitative estimate of drug-likeness (QED) is 0.838. The maximum absolute atomic E-state index is 8.84. The van der Waals surface area contributed by atoms with Gasteiger partial charge in [0.25, 0.3) is 0 Å². The lowest BCUT2D eigenvalue weighted by molar-refractivity contribution is 0.280. The van der Waals surface area contributed by atoms with E-state index in [-0.39, 0.29) is 6.61 Å². The van der Waals surface area contributed by atoms with Gasteiger partial charge < -0.3 is 14.4 Å². The van der Waals surface area contributed by atoms with Crippen molar-refractivity contribution in [2.45, 2.75) is 19.9 Å². The van der Waals surface area contributed by atoms with Crippen LogP contribution in [0.15, 0.2) is 30.5 Å². The zero-order chi connectivity index (χ0) is 11.4. The van der Waals surface area contributed by atoms with Crippen molar-refractivity contribution in [3.05, 3.63) is 30.5 Å². The first-order valence-electron chi connectivity index (χ1n) is 5.68. The molecule has 3 nitrogen and oxygen atoms in total. The van der Waals surface area contributed by atoms with E-state index in [1.165, 1.54) is 5.52 Å². The van der Waals surface area contributed by atoms with Crippen molar-refractivity contribution < 1.29 is 9.84 Å². The van der Waals surface area contributed by atoms with Gasteiger partial charge in [-0.15, -0.1) is 0 Å². The Hall–Kier alpha value is -1.48. The summed E-state index contributed by atoms with van der Waals surface area (Å²) in [5.41, 5.74) is 1.17. The van der Waals surface area contributed by atoms with Crippen LogP contribution in [0.5, 0.6) is 5.75 Å². The largest absolute Gasteiger partial charge is 0.493 e. The summed E-state index contributed by atoms with van der Waals surface area (Å²) in [4.78, 5) is 0. The van der Waals surface area contributed by atoms with Gasteiger partial charge in [0.15, 0.2) is 0 Å². The van der Waals surface area contributed by atoms with Gasteiger partial charge in [0.05, 0.1) is 12.1 Å². The van der Waals surface area contributed by atoms with Crippen LogP contribution in [0.1, 0.15) is 13.3 Å². The molecule has 1 heterocycles. The average Bonchev–Trinajstić information content (AvgIpc) is 2.71. The zero-order valence-electron chi connectivity index (χ0n) is 9.52. The Balaban J connectivity index is 2.36. The Labute approximate surface area is 95.3 Å². The van der Waals surface area contributed by atoms with E-state index in [2.05, 4.69) is 16.7 Å². The van der Waals surface area contributed by atoms with Crippen molar-refractivity contribution in [1.29, 1.82) is 0 Å². The van der Waals surface area contributed by atoms with Crippen LogP contribution in [0.4, 0.5) is 0 Å². The molecule has 0 atom stereocenters. The molecule has 0 spiro atoms. The summed E-state index contributed by atoms with van der Waals surface area (Å²) in [7, 11) is 0. The van der Waals surface area contributed by atoms with Gasteiger partial charge in [-0.2, -0.15) is 0 Å². The Bertz CT molecular complexity index is 462. The van der Waals surface area contributed by atoms with Crippen LogP contribution >= 0.6 is 0 Å². The standard InChI is InChI=1S/C13H17NO2/c1-2-16-13-6-3-5-12-11(13)7-9-14(12)8-4-10-15/h3,5-7,9,15H,2,4,8,10H2,1H3. The summed E-state index contributed by atoms with van der Waals surface area (Å²) in [6, 6.07) is 8.14. The predicted molar refractivity (Wildman–Crippen MR) is 64.8 cm³/mol. The minimum Gasteiger partial charge on any atom is -0.493 e. The van der Waals surface area contributed by atoms with Crippen LogP contribution < -0.4 is 4.74 Å². The average molecular weight is 219 g/mol. The van der Waals surface area contributed by atoms with Crippen LogP contribution in [0.2, 0.25) is 0 Å². The zero-order valence-corrected chi connectivity index (χ0v) is 9.52. The SMILES string of the molecule is CCOc1cccc2c1ccn2CCCO. The molecule has 1 N–H and O–H groups in total. The monoisotopic (exact) mass is 219 g/mol. The molecule has 0 saturated heterocycles. The Morgan fingerprint density at radius 3 is 2.94 bits per heavy atom. The lowest BCUT2D eigenvalue weighted by atomic mass is 10.2. The third-order valence-electron chi connectivity index (χ3n) is 2.63. The highest BCUT2D eigenvalue weighted by atomic mass is 16.5. The highest BCUT2D eigenvalue weighted by Crippen LogP contribution is 2.26. The molecule has 0 aliphatic heterocycles. The molecule has 3 heteroatoms. The van der Waals surface area contributed by atoms with E-state index in [1.54, 1.807) is 0 Å². The fraction of sp³-hybridized carbons (Fsp3) is 0.385. The maximum atomic E-state index is 8.84. The van der Waals surface area contributed by atoms with Crippen LogP contribution in [0.3, 0.4) is 0 Å². The third-order valence-corrected chi connectivity index (χ3v) is 2.63. The molecule has 0 bridgehead atoms. The number of aromatic nitrogens is 1. The number of nitrogens with zero attached hydrogens (tertiary/aromatic N) is 1. The van der Waals surface area contributed by atoms with E-state index in [0.717, 1.165) is 24.1 Å². The fourth-order valence-corrected chi connectivity index (χ4v) is 1.91. The van der Waals surface area contributed by atoms with Gasteiger partial charge in [0.1, 0.15) is 5.75 Å². The molecule has 1 aromatic heterocycles. The molecule has 1 aromatic carbocycles. The van der Waals surface area contributed by atoms with Crippen LogP contribution in [0.25, 0.3) is 10.9 Å². The van der Waals surface area contributed by atoms with Gasteiger partial charge in [-0.05, 0) is 31.5 Å². The van der Waals surface area contributed by atoms with E-state index in [4.69, 9.17) is 9.84 Å². The second-order valence-electron chi connectivity index (χ2n) is 3.71. The summed E-state index contributed by atoms with van der Waals surface area (Å²) < 4.78 is 7.72. The van der Waals surface area contributed by atoms with E-state index < -0.39 is 0 Å². The van der Waals surface area contributed by atoms with Crippen LogP contribution in [-0.4, -0.2) is 22.9 Å². The number of benzene rings is 1. The van der Waals surface area contributed by atoms with E-state index in [9.17, 15) is 0 Å². The van der Waals surface area contributed by atoms with E-state index >= 15 is 0 Å². The third kappa shape index (κ3) is 2.04. The smallest absolute Gasteiger partial charge is 0.128 e. The van der Waals surface area contributed by atoms with E-state index in [0.29, 0.717) is 6.61 Å². The first kappa shape index (κ1) is 11.0. The summed E-state index contributed by atoms with van der Waals surface area (Å²) >= 11 is 0. The lowest BCUT2D eigenvalue weighted by Gasteiger charge is -2.06. The number of aryl methyl sites for hydroxylation is 1. The molecule has 0 saturated carbocycles. The van der Waals surface area contributed by atoms with Gasteiger partial charge in [0, 0.05) is 24.7 Å². The molecular weight excluding hydrogens is 202 g/mol. The number of fused-ring (bicyclic) bond motifs is 1. The first-order valence-corrected chi connectivity index (χ1v) is 5.68. The molecule has 86 valence electrons. The molecule has 0 radical (unpaired) electrons. The first-order chi connectivity index (χ1) is 7.86. The topological polar surface area (TPSA) is 34.4 Å². The van der Waals surface area contributed by atoms with Crippen LogP contribution in [-0.2, 0) is 6.54 Å². The normalized spacial score (nSPS) is 10.9. The fourth-order valence-electron chi connectivity index (χ4n) is 1.91. The Kier molecular flexibility index (Phi) is 3.47.